The molecule has 0 aliphatic carbocycles. The maximum Gasteiger partial charge on any atom is 0.270 e. The Kier molecular flexibility index (Phi) is 3.91. The highest BCUT2D eigenvalue weighted by molar-refractivity contribution is 7.92. The summed E-state index contributed by atoms with van der Waals surface area (Å²) in [6, 6.07) is 9.99. The first-order valence-corrected chi connectivity index (χ1v) is 8.47. The molecule has 0 spiro atoms. The number of non-ortho nitro benzene ring substituents is 1. The van der Waals surface area contributed by atoms with Crippen molar-refractivity contribution in [3.8, 4) is 5.75 Å². The van der Waals surface area contributed by atoms with Gasteiger partial charge in [-0.15, -0.1) is 0 Å². The molecule has 1 aliphatic rings. The van der Waals surface area contributed by atoms with Crippen molar-refractivity contribution in [1.29, 1.82) is 0 Å². The molecular weight excluding hydrogens is 320 g/mol. The summed E-state index contributed by atoms with van der Waals surface area (Å²) in [4.78, 5) is 9.99. The van der Waals surface area contributed by atoms with Gasteiger partial charge in [0, 0.05) is 17.8 Å². The van der Waals surface area contributed by atoms with E-state index >= 15 is 0 Å². The Bertz CT molecular complexity index is 864. The van der Waals surface area contributed by atoms with Crippen LogP contribution >= 0.6 is 0 Å². The minimum atomic E-state index is -3.89. The van der Waals surface area contributed by atoms with Crippen LogP contribution < -0.4 is 9.46 Å². The minimum Gasteiger partial charge on any atom is -0.493 e. The fourth-order valence-corrected chi connectivity index (χ4v) is 3.49. The average Bonchev–Trinajstić information content (AvgIpc) is 2.54. The van der Waals surface area contributed by atoms with Gasteiger partial charge in [0.15, 0.2) is 0 Å². The second-order valence-corrected chi connectivity index (χ2v) is 6.82. The molecule has 1 N–H and O–H groups in total. The molecule has 3 rings (SSSR count). The van der Waals surface area contributed by atoms with Crippen molar-refractivity contribution < 1.29 is 18.1 Å². The van der Waals surface area contributed by atoms with Crippen LogP contribution in [0.1, 0.15) is 12.0 Å². The van der Waals surface area contributed by atoms with E-state index in [1.807, 2.05) is 0 Å². The summed E-state index contributed by atoms with van der Waals surface area (Å²) < 4.78 is 32.7. The summed E-state index contributed by atoms with van der Waals surface area (Å²) in [7, 11) is -3.89. The summed E-state index contributed by atoms with van der Waals surface area (Å²) in [5.41, 5.74) is 1.07. The van der Waals surface area contributed by atoms with Crippen molar-refractivity contribution in [1.82, 2.24) is 0 Å². The molecule has 23 heavy (non-hydrogen) atoms. The maximum absolute atomic E-state index is 12.4. The number of nitrogens with zero attached hydrogens (tertiary/aromatic N) is 1. The zero-order valence-electron chi connectivity index (χ0n) is 12.1. The van der Waals surface area contributed by atoms with Gasteiger partial charge in [-0.3, -0.25) is 14.8 Å². The van der Waals surface area contributed by atoms with Crippen LogP contribution in [-0.2, 0) is 16.4 Å². The zero-order chi connectivity index (χ0) is 16.4. The number of rotatable bonds is 4. The van der Waals surface area contributed by atoms with E-state index in [1.165, 1.54) is 18.2 Å². The van der Waals surface area contributed by atoms with E-state index in [4.69, 9.17) is 4.74 Å². The molecule has 0 amide bonds. The third-order valence-electron chi connectivity index (χ3n) is 3.50. The Labute approximate surface area is 133 Å². The third kappa shape index (κ3) is 3.26. The van der Waals surface area contributed by atoms with Crippen molar-refractivity contribution in [3.63, 3.8) is 0 Å². The lowest BCUT2D eigenvalue weighted by Crippen LogP contribution is -2.14. The molecule has 0 saturated carbocycles. The third-order valence-corrected chi connectivity index (χ3v) is 4.88. The van der Waals surface area contributed by atoms with E-state index in [9.17, 15) is 18.5 Å². The first-order chi connectivity index (χ1) is 11.0. The summed E-state index contributed by atoms with van der Waals surface area (Å²) in [6.07, 6.45) is 1.70. The maximum atomic E-state index is 12.4. The summed E-state index contributed by atoms with van der Waals surface area (Å²) >= 11 is 0. The van der Waals surface area contributed by atoms with Crippen molar-refractivity contribution in [3.05, 3.63) is 58.1 Å². The Morgan fingerprint density at radius 3 is 2.78 bits per heavy atom. The molecule has 0 atom stereocenters. The molecule has 120 valence electrons. The Balaban J connectivity index is 1.89. The molecule has 8 heteroatoms. The molecule has 0 fully saturated rings. The van der Waals surface area contributed by atoms with Gasteiger partial charge in [0.2, 0.25) is 0 Å². The quantitative estimate of drug-likeness (QED) is 0.684. The van der Waals surface area contributed by atoms with Gasteiger partial charge < -0.3 is 4.74 Å². The van der Waals surface area contributed by atoms with Crippen LogP contribution in [0.3, 0.4) is 0 Å². The van der Waals surface area contributed by atoms with Crippen LogP contribution in [0.15, 0.2) is 47.4 Å². The normalized spacial score (nSPS) is 13.7. The molecular formula is C15H14N2O5S. The molecule has 7 nitrogen and oxygen atoms in total. The van der Waals surface area contributed by atoms with Gasteiger partial charge in [-0.2, -0.15) is 0 Å². The average molecular weight is 334 g/mol. The molecule has 2 aromatic rings. The number of sulfonamides is 1. The molecule has 1 aliphatic heterocycles. The lowest BCUT2D eigenvalue weighted by atomic mass is 10.1. The molecule has 0 bridgehead atoms. The number of ether oxygens (including phenoxy) is 1. The lowest BCUT2D eigenvalue weighted by Gasteiger charge is -2.18. The summed E-state index contributed by atoms with van der Waals surface area (Å²) in [5.74, 6) is 0.759. The van der Waals surface area contributed by atoms with Gasteiger partial charge in [0.1, 0.15) is 5.75 Å². The fourth-order valence-electron chi connectivity index (χ4n) is 2.40. The highest BCUT2D eigenvalue weighted by Gasteiger charge is 2.19. The highest BCUT2D eigenvalue weighted by Crippen LogP contribution is 2.29. The van der Waals surface area contributed by atoms with E-state index in [0.717, 1.165) is 30.2 Å². The number of hydrogen-bond acceptors (Lipinski definition) is 5. The second kappa shape index (κ2) is 5.88. The number of benzene rings is 2. The predicted octanol–water partition coefficient (Wildman–Crippen LogP) is 2.72. The van der Waals surface area contributed by atoms with E-state index in [0.29, 0.717) is 12.3 Å². The summed E-state index contributed by atoms with van der Waals surface area (Å²) in [5, 5.41) is 10.8. The fraction of sp³-hybridized carbons (Fsp3) is 0.200. The number of anilines is 1. The van der Waals surface area contributed by atoms with Gasteiger partial charge in [-0.1, -0.05) is 6.07 Å². The number of aryl methyl sites for hydroxylation is 1. The van der Waals surface area contributed by atoms with Crippen molar-refractivity contribution in [2.45, 2.75) is 17.7 Å². The van der Waals surface area contributed by atoms with Crippen molar-refractivity contribution in [2.75, 3.05) is 11.3 Å². The van der Waals surface area contributed by atoms with Crippen LogP contribution in [-0.4, -0.2) is 19.9 Å². The van der Waals surface area contributed by atoms with Gasteiger partial charge >= 0.3 is 0 Å². The molecule has 1 heterocycles. The van der Waals surface area contributed by atoms with E-state index in [1.54, 1.807) is 18.2 Å². The molecule has 2 aromatic carbocycles. The molecule has 0 radical (unpaired) electrons. The van der Waals surface area contributed by atoms with E-state index < -0.39 is 14.9 Å². The first-order valence-electron chi connectivity index (χ1n) is 6.99. The van der Waals surface area contributed by atoms with Crippen molar-refractivity contribution in [2.24, 2.45) is 0 Å². The Hall–Kier alpha value is -2.61. The van der Waals surface area contributed by atoms with Gasteiger partial charge in [0.25, 0.3) is 15.7 Å². The largest absolute Gasteiger partial charge is 0.493 e. The molecule has 0 saturated heterocycles. The predicted molar refractivity (Wildman–Crippen MR) is 84.2 cm³/mol. The van der Waals surface area contributed by atoms with Crippen LogP contribution in [0, 0.1) is 10.1 Å². The smallest absolute Gasteiger partial charge is 0.270 e. The first kappa shape index (κ1) is 15.3. The minimum absolute atomic E-state index is 0.152. The standard InChI is InChI=1S/C15H14N2O5S/c18-17(19)13-4-1-5-14(10-13)23(20,21)16-12-6-7-15-11(9-12)3-2-8-22-15/h1,4-7,9-10,16H,2-3,8H2. The highest BCUT2D eigenvalue weighted by atomic mass is 32.2. The van der Waals surface area contributed by atoms with Gasteiger partial charge in [-0.05, 0) is 42.7 Å². The number of fused-ring (bicyclic) bond motifs is 1. The van der Waals surface area contributed by atoms with Crippen molar-refractivity contribution >= 4 is 21.4 Å². The Morgan fingerprint density at radius 2 is 2.00 bits per heavy atom. The summed E-state index contributed by atoms with van der Waals surface area (Å²) in [6.45, 7) is 0.658. The number of nitrogens with one attached hydrogen (secondary N) is 1. The zero-order valence-corrected chi connectivity index (χ0v) is 12.9. The second-order valence-electron chi connectivity index (χ2n) is 5.13. The molecule has 0 aromatic heterocycles. The van der Waals surface area contributed by atoms with Crippen LogP contribution in [0.25, 0.3) is 0 Å². The molecule has 0 unspecified atom stereocenters. The van der Waals surface area contributed by atoms with Crippen LogP contribution in [0.2, 0.25) is 0 Å². The number of nitro benzene ring substituents is 1. The number of hydrogen-bond donors (Lipinski definition) is 1. The van der Waals surface area contributed by atoms with E-state index in [-0.39, 0.29) is 10.6 Å². The van der Waals surface area contributed by atoms with Crippen LogP contribution in [0.5, 0.6) is 5.75 Å². The Morgan fingerprint density at radius 1 is 1.17 bits per heavy atom. The van der Waals surface area contributed by atoms with Gasteiger partial charge in [0.05, 0.1) is 16.4 Å². The van der Waals surface area contributed by atoms with E-state index in [2.05, 4.69) is 4.72 Å². The SMILES string of the molecule is O=[N+]([O-])c1cccc(S(=O)(=O)Nc2ccc3c(c2)CCCO3)c1. The lowest BCUT2D eigenvalue weighted by molar-refractivity contribution is -0.385. The van der Waals surface area contributed by atoms with Crippen LogP contribution in [0.4, 0.5) is 11.4 Å². The number of nitro groups is 1. The topological polar surface area (TPSA) is 98.5 Å². The van der Waals surface area contributed by atoms with Gasteiger partial charge in [-0.25, -0.2) is 8.42 Å². The monoisotopic (exact) mass is 334 g/mol.